The van der Waals surface area contributed by atoms with Crippen LogP contribution in [0.3, 0.4) is 0 Å². The van der Waals surface area contributed by atoms with Crippen molar-refractivity contribution in [2.45, 2.75) is 51.3 Å². The number of benzene rings is 1. The van der Waals surface area contributed by atoms with Crippen molar-refractivity contribution in [3.8, 4) is 0 Å². The summed E-state index contributed by atoms with van der Waals surface area (Å²) < 4.78 is 31.3. The van der Waals surface area contributed by atoms with E-state index in [9.17, 15) is 18.0 Å². The Balaban J connectivity index is 2.62. The first-order valence-corrected chi connectivity index (χ1v) is 10.4. The van der Waals surface area contributed by atoms with Crippen LogP contribution in [0.25, 0.3) is 0 Å². The van der Waals surface area contributed by atoms with E-state index in [1.54, 1.807) is 0 Å². The monoisotopic (exact) mass is 396 g/mol. The van der Waals surface area contributed by atoms with Gasteiger partial charge in [0.25, 0.3) is 15.9 Å². The molecular formula is C19H28N2O5S. The zero-order chi connectivity index (χ0) is 20.4. The van der Waals surface area contributed by atoms with E-state index in [0.29, 0.717) is 18.2 Å². The molecule has 0 bridgehead atoms. The average Bonchev–Trinajstić information content (AvgIpc) is 2.62. The van der Waals surface area contributed by atoms with Crippen molar-refractivity contribution in [1.82, 2.24) is 4.72 Å². The number of carbonyl (C=O) groups excluding carboxylic acids is 2. The quantitative estimate of drug-likeness (QED) is 0.585. The summed E-state index contributed by atoms with van der Waals surface area (Å²) in [7, 11) is -3.99. The Labute approximate surface area is 161 Å². The van der Waals surface area contributed by atoms with Crippen LogP contribution in [-0.2, 0) is 19.6 Å². The molecule has 0 spiro atoms. The van der Waals surface area contributed by atoms with Crippen LogP contribution in [0.1, 0.15) is 46.5 Å². The first-order valence-electron chi connectivity index (χ1n) is 8.96. The van der Waals surface area contributed by atoms with Gasteiger partial charge in [0.1, 0.15) is 0 Å². The zero-order valence-corrected chi connectivity index (χ0v) is 16.9. The summed E-state index contributed by atoms with van der Waals surface area (Å²) in [5, 5.41) is 2.56. The number of ether oxygens (including phenoxy) is 1. The molecule has 8 heteroatoms. The van der Waals surface area contributed by atoms with Crippen LogP contribution in [0.4, 0.5) is 10.5 Å². The Morgan fingerprint density at radius 3 is 2.33 bits per heavy atom. The van der Waals surface area contributed by atoms with E-state index in [-0.39, 0.29) is 10.5 Å². The van der Waals surface area contributed by atoms with Crippen LogP contribution in [-0.4, -0.2) is 27.0 Å². The molecule has 0 aliphatic heterocycles. The van der Waals surface area contributed by atoms with Crippen LogP contribution < -0.4 is 10.0 Å². The summed E-state index contributed by atoms with van der Waals surface area (Å²) in [6.07, 6.45) is 3.57. The van der Waals surface area contributed by atoms with E-state index in [4.69, 9.17) is 4.74 Å². The maximum Gasteiger partial charge on any atom is 0.411 e. The van der Waals surface area contributed by atoms with E-state index < -0.39 is 22.0 Å². The number of anilines is 1. The molecule has 0 fully saturated rings. The topological polar surface area (TPSA) is 102 Å². The van der Waals surface area contributed by atoms with Crippen molar-refractivity contribution >= 4 is 27.7 Å². The summed E-state index contributed by atoms with van der Waals surface area (Å²) >= 11 is 0. The average molecular weight is 397 g/mol. The van der Waals surface area contributed by atoms with Gasteiger partial charge in [0.15, 0.2) is 0 Å². The molecule has 1 aromatic carbocycles. The second-order valence-corrected chi connectivity index (χ2v) is 8.06. The molecule has 0 aliphatic carbocycles. The van der Waals surface area contributed by atoms with Gasteiger partial charge in [-0.15, -0.1) is 0 Å². The molecule has 0 saturated heterocycles. The predicted octanol–water partition coefficient (Wildman–Crippen LogP) is 3.83. The summed E-state index contributed by atoms with van der Waals surface area (Å²) in [5.41, 5.74) is 0.482. The number of hydrogen-bond donors (Lipinski definition) is 2. The molecule has 1 unspecified atom stereocenters. The molecule has 0 heterocycles. The maximum atomic E-state index is 12.1. The van der Waals surface area contributed by atoms with Crippen LogP contribution in [0.2, 0.25) is 0 Å². The molecule has 1 aromatic rings. The minimum Gasteiger partial charge on any atom is -0.449 e. The highest BCUT2D eigenvalue weighted by Crippen LogP contribution is 2.16. The predicted molar refractivity (Wildman–Crippen MR) is 105 cm³/mol. The van der Waals surface area contributed by atoms with Crippen molar-refractivity contribution in [1.29, 1.82) is 0 Å². The van der Waals surface area contributed by atoms with Crippen LogP contribution in [0.15, 0.2) is 41.3 Å². The van der Waals surface area contributed by atoms with Gasteiger partial charge in [-0.2, -0.15) is 0 Å². The molecule has 1 rings (SSSR count). The SMILES string of the molecule is C=C(C)C(=O)NS(=O)(=O)c1ccc(NC(=O)OCC(CC)CCCC)cc1. The number of hydrogen-bond acceptors (Lipinski definition) is 5. The van der Waals surface area contributed by atoms with Gasteiger partial charge in [0.2, 0.25) is 0 Å². The minimum atomic E-state index is -3.99. The molecule has 2 amide bonds. The summed E-state index contributed by atoms with van der Waals surface area (Å²) in [4.78, 5) is 23.3. The summed E-state index contributed by atoms with van der Waals surface area (Å²) in [5.74, 6) is -0.436. The highest BCUT2D eigenvalue weighted by atomic mass is 32.2. The third-order valence-electron chi connectivity index (χ3n) is 4.02. The molecular weight excluding hydrogens is 368 g/mol. The molecule has 7 nitrogen and oxygen atoms in total. The summed E-state index contributed by atoms with van der Waals surface area (Å²) in [6, 6.07) is 5.43. The molecule has 0 radical (unpaired) electrons. The van der Waals surface area contributed by atoms with Crippen LogP contribution in [0.5, 0.6) is 0 Å². The lowest BCUT2D eigenvalue weighted by Crippen LogP contribution is -2.30. The van der Waals surface area contributed by atoms with E-state index in [1.165, 1.54) is 31.2 Å². The third-order valence-corrected chi connectivity index (χ3v) is 5.37. The highest BCUT2D eigenvalue weighted by molar-refractivity contribution is 7.90. The first kappa shape index (κ1) is 22.7. The van der Waals surface area contributed by atoms with Gasteiger partial charge < -0.3 is 4.74 Å². The lowest BCUT2D eigenvalue weighted by Gasteiger charge is -2.15. The van der Waals surface area contributed by atoms with E-state index in [0.717, 1.165) is 25.7 Å². The Morgan fingerprint density at radius 2 is 1.81 bits per heavy atom. The van der Waals surface area contributed by atoms with E-state index in [1.807, 2.05) is 4.72 Å². The molecule has 150 valence electrons. The molecule has 2 N–H and O–H groups in total. The second-order valence-electron chi connectivity index (χ2n) is 6.38. The zero-order valence-electron chi connectivity index (χ0n) is 16.1. The van der Waals surface area contributed by atoms with E-state index >= 15 is 0 Å². The van der Waals surface area contributed by atoms with Crippen LogP contribution in [0, 0.1) is 5.92 Å². The molecule has 0 aromatic heterocycles. The van der Waals surface area contributed by atoms with Gasteiger partial charge >= 0.3 is 6.09 Å². The molecule has 0 saturated carbocycles. The smallest absolute Gasteiger partial charge is 0.411 e. The fourth-order valence-corrected chi connectivity index (χ4v) is 3.26. The number of unbranched alkanes of at least 4 members (excludes halogenated alkanes) is 1. The third kappa shape index (κ3) is 7.82. The number of carbonyl (C=O) groups is 2. The van der Waals surface area contributed by atoms with Gasteiger partial charge in [0, 0.05) is 11.3 Å². The minimum absolute atomic E-state index is 0.0870. The van der Waals surface area contributed by atoms with E-state index in [2.05, 4.69) is 25.7 Å². The van der Waals surface area contributed by atoms with Gasteiger partial charge in [-0.1, -0.05) is 39.7 Å². The maximum absolute atomic E-state index is 12.1. The standard InChI is InChI=1S/C19H28N2O5S/c1-5-7-8-15(6-2)13-26-19(23)20-16-9-11-17(12-10-16)27(24,25)21-18(22)14(3)4/h9-12,15H,3,5-8,13H2,1-2,4H3,(H,20,23)(H,21,22). The molecule has 1 atom stereocenters. The number of nitrogens with one attached hydrogen (secondary N) is 2. The van der Waals surface area contributed by atoms with Gasteiger partial charge in [0.05, 0.1) is 11.5 Å². The van der Waals surface area contributed by atoms with Crippen molar-refractivity contribution in [3.05, 3.63) is 36.4 Å². The second kappa shape index (κ2) is 10.7. The Kier molecular flexibility index (Phi) is 9.00. The van der Waals surface area contributed by atoms with Gasteiger partial charge in [-0.25, -0.2) is 17.9 Å². The fourth-order valence-electron chi connectivity index (χ4n) is 2.23. The lowest BCUT2D eigenvalue weighted by molar-refractivity contribution is -0.115. The first-order chi connectivity index (χ1) is 12.7. The number of rotatable bonds is 10. The largest absolute Gasteiger partial charge is 0.449 e. The number of amides is 2. The van der Waals surface area contributed by atoms with Crippen molar-refractivity contribution in [2.24, 2.45) is 5.92 Å². The lowest BCUT2D eigenvalue weighted by atomic mass is 10.0. The molecule has 27 heavy (non-hydrogen) atoms. The van der Waals surface area contributed by atoms with Crippen molar-refractivity contribution < 1.29 is 22.7 Å². The van der Waals surface area contributed by atoms with Gasteiger partial charge in [-0.05, 0) is 43.5 Å². The highest BCUT2D eigenvalue weighted by Gasteiger charge is 2.18. The van der Waals surface area contributed by atoms with Crippen LogP contribution >= 0.6 is 0 Å². The Morgan fingerprint density at radius 1 is 1.19 bits per heavy atom. The normalized spacial score (nSPS) is 12.1. The Hall–Kier alpha value is -2.35. The Bertz CT molecular complexity index is 757. The molecule has 0 aliphatic rings. The van der Waals surface area contributed by atoms with Crippen molar-refractivity contribution in [3.63, 3.8) is 0 Å². The fraction of sp³-hybridized carbons (Fsp3) is 0.474. The van der Waals surface area contributed by atoms with Gasteiger partial charge in [-0.3, -0.25) is 10.1 Å². The number of sulfonamides is 1. The summed E-state index contributed by atoms with van der Waals surface area (Å²) in [6.45, 7) is 9.34. The van der Waals surface area contributed by atoms with Crippen molar-refractivity contribution in [2.75, 3.05) is 11.9 Å².